The molecule has 0 unspecified atom stereocenters. The number of hydrogen-bond donors (Lipinski definition) is 1. The van der Waals surface area contributed by atoms with E-state index in [1.54, 1.807) is 5.57 Å². The van der Waals surface area contributed by atoms with Crippen LogP contribution in [-0.4, -0.2) is 13.6 Å². The average molecular weight is 153 g/mol. The fourth-order valence-corrected chi connectivity index (χ4v) is 1.47. The van der Waals surface area contributed by atoms with Crippen LogP contribution in [0.4, 0.5) is 0 Å². The highest BCUT2D eigenvalue weighted by atomic mass is 14.8. The Labute approximate surface area is 69.9 Å². The Morgan fingerprint density at radius 2 is 2.27 bits per heavy atom. The molecule has 0 bridgehead atoms. The van der Waals surface area contributed by atoms with Gasteiger partial charge in [-0.15, -0.1) is 0 Å². The fourth-order valence-electron chi connectivity index (χ4n) is 1.47. The van der Waals surface area contributed by atoms with Crippen LogP contribution in [-0.2, 0) is 0 Å². The van der Waals surface area contributed by atoms with Gasteiger partial charge in [-0.3, -0.25) is 0 Å². The van der Waals surface area contributed by atoms with E-state index in [-0.39, 0.29) is 0 Å². The van der Waals surface area contributed by atoms with E-state index in [9.17, 15) is 0 Å². The average Bonchev–Trinajstić information content (AvgIpc) is 1.94. The Balaban J connectivity index is 2.31. The molecule has 0 aliphatic heterocycles. The fraction of sp³-hybridized carbons (Fsp3) is 0.800. The summed E-state index contributed by atoms with van der Waals surface area (Å²) in [6.45, 7) is 3.31. The number of likely N-dealkylation sites (N-methyl/N-ethyl adjacent to an activating group) is 1. The van der Waals surface area contributed by atoms with Gasteiger partial charge in [-0.2, -0.15) is 0 Å². The molecule has 0 radical (unpaired) electrons. The van der Waals surface area contributed by atoms with Crippen LogP contribution in [0.1, 0.15) is 32.6 Å². The standard InChI is InChI=1S/C10H19N/c1-3-9(8-11-2)7-10-5-4-6-10/h7,10-11H,3-6,8H2,1-2H3. The minimum atomic E-state index is 0.915. The zero-order valence-electron chi connectivity index (χ0n) is 7.69. The van der Waals surface area contributed by atoms with Gasteiger partial charge < -0.3 is 5.32 Å². The van der Waals surface area contributed by atoms with Crippen LogP contribution in [0.2, 0.25) is 0 Å². The van der Waals surface area contributed by atoms with Gasteiger partial charge in [0.05, 0.1) is 0 Å². The molecule has 1 aliphatic rings. The lowest BCUT2D eigenvalue weighted by molar-refractivity contribution is 0.385. The van der Waals surface area contributed by atoms with Crippen LogP contribution in [0.3, 0.4) is 0 Å². The molecular weight excluding hydrogens is 134 g/mol. The van der Waals surface area contributed by atoms with Gasteiger partial charge in [-0.1, -0.05) is 25.0 Å². The summed E-state index contributed by atoms with van der Waals surface area (Å²) in [6, 6.07) is 0. The van der Waals surface area contributed by atoms with Crippen LogP contribution in [0.25, 0.3) is 0 Å². The van der Waals surface area contributed by atoms with E-state index in [0.29, 0.717) is 0 Å². The van der Waals surface area contributed by atoms with Crippen LogP contribution in [0, 0.1) is 5.92 Å². The normalized spacial score (nSPS) is 20.0. The van der Waals surface area contributed by atoms with Gasteiger partial charge in [0.2, 0.25) is 0 Å². The first kappa shape index (κ1) is 8.79. The molecule has 0 aromatic carbocycles. The maximum absolute atomic E-state index is 3.20. The molecule has 0 spiro atoms. The molecule has 0 saturated heterocycles. The summed E-state index contributed by atoms with van der Waals surface area (Å²) in [5, 5.41) is 3.20. The molecule has 0 heterocycles. The predicted octanol–water partition coefficient (Wildman–Crippen LogP) is 2.34. The van der Waals surface area contributed by atoms with E-state index in [1.165, 1.54) is 25.7 Å². The van der Waals surface area contributed by atoms with Crippen LogP contribution in [0.5, 0.6) is 0 Å². The Morgan fingerprint density at radius 3 is 2.64 bits per heavy atom. The number of hydrogen-bond acceptors (Lipinski definition) is 1. The van der Waals surface area contributed by atoms with E-state index >= 15 is 0 Å². The van der Waals surface area contributed by atoms with Gasteiger partial charge in [-0.25, -0.2) is 0 Å². The molecule has 11 heavy (non-hydrogen) atoms. The summed E-state index contributed by atoms with van der Waals surface area (Å²) in [5.41, 5.74) is 1.58. The van der Waals surface area contributed by atoms with Crippen molar-refractivity contribution in [3.05, 3.63) is 11.6 Å². The molecule has 0 aromatic rings. The third-order valence-electron chi connectivity index (χ3n) is 2.48. The topological polar surface area (TPSA) is 12.0 Å². The summed E-state index contributed by atoms with van der Waals surface area (Å²) in [7, 11) is 2.02. The summed E-state index contributed by atoms with van der Waals surface area (Å²) in [4.78, 5) is 0. The second kappa shape index (κ2) is 4.55. The highest BCUT2D eigenvalue weighted by Gasteiger charge is 2.14. The maximum Gasteiger partial charge on any atom is 0.0161 e. The van der Waals surface area contributed by atoms with Gasteiger partial charge in [-0.05, 0) is 32.2 Å². The zero-order chi connectivity index (χ0) is 8.10. The molecule has 1 aliphatic carbocycles. The summed E-state index contributed by atoms with van der Waals surface area (Å²) < 4.78 is 0. The van der Waals surface area contributed by atoms with Gasteiger partial charge >= 0.3 is 0 Å². The summed E-state index contributed by atoms with van der Waals surface area (Å²) in [6.07, 6.45) is 7.97. The predicted molar refractivity (Wildman–Crippen MR) is 49.6 cm³/mol. The highest BCUT2D eigenvalue weighted by molar-refractivity contribution is 5.07. The van der Waals surface area contributed by atoms with Crippen LogP contribution in [0.15, 0.2) is 11.6 Å². The minimum absolute atomic E-state index is 0.915. The largest absolute Gasteiger partial charge is 0.316 e. The first-order valence-corrected chi connectivity index (χ1v) is 4.71. The van der Waals surface area contributed by atoms with Crippen molar-refractivity contribution in [3.8, 4) is 0 Å². The van der Waals surface area contributed by atoms with Crippen molar-refractivity contribution in [2.75, 3.05) is 13.6 Å². The highest BCUT2D eigenvalue weighted by Crippen LogP contribution is 2.28. The van der Waals surface area contributed by atoms with Crippen molar-refractivity contribution in [1.29, 1.82) is 0 Å². The summed E-state index contributed by atoms with van der Waals surface area (Å²) >= 11 is 0. The smallest absolute Gasteiger partial charge is 0.0161 e. The monoisotopic (exact) mass is 153 g/mol. The van der Waals surface area contributed by atoms with Gasteiger partial charge in [0.25, 0.3) is 0 Å². The quantitative estimate of drug-likeness (QED) is 0.611. The third kappa shape index (κ3) is 2.66. The molecule has 0 amide bonds. The molecular formula is C10H19N. The van der Waals surface area contributed by atoms with Crippen molar-refractivity contribution in [2.24, 2.45) is 5.92 Å². The van der Waals surface area contributed by atoms with E-state index < -0.39 is 0 Å². The molecule has 1 saturated carbocycles. The van der Waals surface area contributed by atoms with E-state index in [4.69, 9.17) is 0 Å². The van der Waals surface area contributed by atoms with Gasteiger partial charge in [0.1, 0.15) is 0 Å². The molecule has 1 N–H and O–H groups in total. The summed E-state index contributed by atoms with van der Waals surface area (Å²) in [5.74, 6) is 0.915. The molecule has 1 heteroatoms. The van der Waals surface area contributed by atoms with Gasteiger partial charge in [0, 0.05) is 6.54 Å². The van der Waals surface area contributed by atoms with E-state index in [1.807, 2.05) is 7.05 Å². The van der Waals surface area contributed by atoms with Crippen molar-refractivity contribution < 1.29 is 0 Å². The number of allylic oxidation sites excluding steroid dienone is 1. The second-order valence-electron chi connectivity index (χ2n) is 3.40. The van der Waals surface area contributed by atoms with E-state index in [0.717, 1.165) is 12.5 Å². The van der Waals surface area contributed by atoms with Crippen molar-refractivity contribution >= 4 is 0 Å². The van der Waals surface area contributed by atoms with Crippen molar-refractivity contribution in [1.82, 2.24) is 5.32 Å². The molecule has 0 aromatic heterocycles. The van der Waals surface area contributed by atoms with Crippen molar-refractivity contribution in [2.45, 2.75) is 32.6 Å². The molecule has 1 fully saturated rings. The molecule has 1 nitrogen and oxygen atoms in total. The minimum Gasteiger partial charge on any atom is -0.316 e. The van der Waals surface area contributed by atoms with Crippen LogP contribution >= 0.6 is 0 Å². The second-order valence-corrected chi connectivity index (χ2v) is 3.40. The lowest BCUT2D eigenvalue weighted by Crippen LogP contribution is -2.14. The SMILES string of the molecule is CCC(=CC1CCC1)CNC. The Kier molecular flexibility index (Phi) is 3.64. The zero-order valence-corrected chi connectivity index (χ0v) is 7.69. The van der Waals surface area contributed by atoms with Gasteiger partial charge in [0.15, 0.2) is 0 Å². The Hall–Kier alpha value is -0.300. The van der Waals surface area contributed by atoms with Crippen molar-refractivity contribution in [3.63, 3.8) is 0 Å². The molecule has 64 valence electrons. The van der Waals surface area contributed by atoms with Crippen LogP contribution < -0.4 is 5.32 Å². The number of rotatable bonds is 4. The lowest BCUT2D eigenvalue weighted by Gasteiger charge is -2.23. The Bertz CT molecular complexity index is 134. The third-order valence-corrected chi connectivity index (χ3v) is 2.48. The maximum atomic E-state index is 3.20. The van der Waals surface area contributed by atoms with E-state index in [2.05, 4.69) is 18.3 Å². The lowest BCUT2D eigenvalue weighted by atomic mass is 9.84. The number of nitrogens with one attached hydrogen (secondary N) is 1. The Morgan fingerprint density at radius 1 is 1.55 bits per heavy atom. The first-order valence-electron chi connectivity index (χ1n) is 4.71. The first-order chi connectivity index (χ1) is 5.36. The molecule has 1 rings (SSSR count). The molecule has 0 atom stereocenters.